The van der Waals surface area contributed by atoms with Gasteiger partial charge in [-0.05, 0) is 54.4 Å². The van der Waals surface area contributed by atoms with Crippen LogP contribution >= 0.6 is 0 Å². The van der Waals surface area contributed by atoms with Gasteiger partial charge in [-0.25, -0.2) is 4.79 Å². The van der Waals surface area contributed by atoms with E-state index in [9.17, 15) is 18.4 Å². The summed E-state index contributed by atoms with van der Waals surface area (Å²) >= 11 is 0. The molecular formula is C25H23F2N3O6. The summed E-state index contributed by atoms with van der Waals surface area (Å²) in [5.74, 6) is -0.213. The second-order valence-corrected chi connectivity index (χ2v) is 7.70. The lowest BCUT2D eigenvalue weighted by Crippen LogP contribution is -2.41. The van der Waals surface area contributed by atoms with Gasteiger partial charge in [0, 0.05) is 11.3 Å². The van der Waals surface area contributed by atoms with E-state index in [1.807, 2.05) is 6.92 Å². The topological polar surface area (TPSA) is 103 Å². The van der Waals surface area contributed by atoms with Crippen LogP contribution < -0.4 is 14.8 Å². The number of halogens is 2. The lowest BCUT2D eigenvalue weighted by atomic mass is 10.0. The number of furan rings is 1. The molecular weight excluding hydrogens is 476 g/mol. The Labute approximate surface area is 205 Å². The number of ether oxygens (including phenoxy) is 3. The monoisotopic (exact) mass is 499 g/mol. The summed E-state index contributed by atoms with van der Waals surface area (Å²) in [4.78, 5) is 24.7. The summed E-state index contributed by atoms with van der Waals surface area (Å²) in [6, 6.07) is 14.5. The molecule has 0 saturated carbocycles. The standard InChI is InChI=1S/C25H23F2N3O6/c1-3-18-22(16-8-11-19(35-24(26)27)21(13-16)33-2)29-30(25(32)36-18)14-15-6-9-17(10-7-15)28-23(31)20-5-4-12-34-20/h4-13,18,24H,3,14H2,1-2H3,(H,28,31). The highest BCUT2D eigenvalue weighted by Gasteiger charge is 2.31. The van der Waals surface area contributed by atoms with Crippen LogP contribution in [0.1, 0.15) is 35.0 Å². The molecule has 1 N–H and O–H groups in total. The summed E-state index contributed by atoms with van der Waals surface area (Å²) in [6.45, 7) is -1.05. The Hall–Kier alpha value is -4.41. The molecule has 188 valence electrons. The van der Waals surface area contributed by atoms with Gasteiger partial charge in [0.05, 0.1) is 19.9 Å². The highest BCUT2D eigenvalue weighted by molar-refractivity contribution is 6.06. The van der Waals surface area contributed by atoms with E-state index in [-0.39, 0.29) is 29.7 Å². The Morgan fingerprint density at radius 2 is 1.94 bits per heavy atom. The lowest BCUT2D eigenvalue weighted by Gasteiger charge is -2.29. The maximum absolute atomic E-state index is 12.7. The Kier molecular flexibility index (Phi) is 7.47. The van der Waals surface area contributed by atoms with E-state index in [4.69, 9.17) is 13.9 Å². The van der Waals surface area contributed by atoms with Crippen LogP contribution in [0.2, 0.25) is 0 Å². The fourth-order valence-electron chi connectivity index (χ4n) is 3.58. The highest BCUT2D eigenvalue weighted by Crippen LogP contribution is 2.31. The van der Waals surface area contributed by atoms with Gasteiger partial charge < -0.3 is 23.9 Å². The van der Waals surface area contributed by atoms with Gasteiger partial charge in [0.25, 0.3) is 5.91 Å². The Morgan fingerprint density at radius 3 is 2.58 bits per heavy atom. The third-order valence-corrected chi connectivity index (χ3v) is 5.32. The zero-order valence-corrected chi connectivity index (χ0v) is 19.4. The molecule has 1 atom stereocenters. The molecule has 2 aromatic carbocycles. The summed E-state index contributed by atoms with van der Waals surface area (Å²) in [7, 11) is 1.34. The van der Waals surface area contributed by atoms with Gasteiger partial charge in [0.2, 0.25) is 0 Å². The molecule has 1 aliphatic rings. The second-order valence-electron chi connectivity index (χ2n) is 7.70. The van der Waals surface area contributed by atoms with Gasteiger partial charge in [0.1, 0.15) is 11.8 Å². The smallest absolute Gasteiger partial charge is 0.431 e. The van der Waals surface area contributed by atoms with Crippen molar-refractivity contribution < 1.29 is 37.0 Å². The van der Waals surface area contributed by atoms with Crippen LogP contribution in [0.5, 0.6) is 11.5 Å². The number of anilines is 1. The molecule has 1 aromatic heterocycles. The number of benzene rings is 2. The molecule has 3 aromatic rings. The van der Waals surface area contributed by atoms with Crippen molar-refractivity contribution >= 4 is 23.4 Å². The molecule has 0 spiro atoms. The number of carbonyl (C=O) groups excluding carboxylic acids is 2. The molecule has 0 radical (unpaired) electrons. The third-order valence-electron chi connectivity index (χ3n) is 5.32. The zero-order valence-electron chi connectivity index (χ0n) is 19.4. The van der Waals surface area contributed by atoms with Crippen molar-refractivity contribution in [3.8, 4) is 11.5 Å². The van der Waals surface area contributed by atoms with Gasteiger partial charge in [-0.1, -0.05) is 19.1 Å². The number of nitrogens with one attached hydrogen (secondary N) is 1. The second kappa shape index (κ2) is 10.9. The number of hydrogen-bond acceptors (Lipinski definition) is 7. The van der Waals surface area contributed by atoms with Crippen LogP contribution in [-0.2, 0) is 11.3 Å². The average Bonchev–Trinajstić information content (AvgIpc) is 3.41. The number of carbonyl (C=O) groups is 2. The van der Waals surface area contributed by atoms with E-state index in [0.717, 1.165) is 5.56 Å². The van der Waals surface area contributed by atoms with E-state index in [2.05, 4.69) is 15.2 Å². The number of cyclic esters (lactones) is 1. The largest absolute Gasteiger partial charge is 0.493 e. The maximum atomic E-state index is 12.7. The Balaban J connectivity index is 1.53. The first kappa shape index (κ1) is 24.7. The van der Waals surface area contributed by atoms with Crippen molar-refractivity contribution in [3.63, 3.8) is 0 Å². The van der Waals surface area contributed by atoms with E-state index in [1.54, 1.807) is 42.5 Å². The fraction of sp³-hybridized carbons (Fsp3) is 0.240. The predicted molar refractivity (Wildman–Crippen MR) is 125 cm³/mol. The normalized spacial score (nSPS) is 15.4. The predicted octanol–water partition coefficient (Wildman–Crippen LogP) is 5.28. The minimum absolute atomic E-state index is 0.0981. The first-order chi connectivity index (χ1) is 17.4. The van der Waals surface area contributed by atoms with Crippen molar-refractivity contribution in [2.45, 2.75) is 32.6 Å². The number of rotatable bonds is 9. The third kappa shape index (κ3) is 5.62. The lowest BCUT2D eigenvalue weighted by molar-refractivity contribution is -0.0512. The molecule has 0 saturated heterocycles. The van der Waals surface area contributed by atoms with E-state index in [0.29, 0.717) is 23.4 Å². The van der Waals surface area contributed by atoms with E-state index >= 15 is 0 Å². The number of nitrogens with zero attached hydrogens (tertiary/aromatic N) is 2. The average molecular weight is 499 g/mol. The molecule has 0 aliphatic carbocycles. The van der Waals surface area contributed by atoms with Crippen LogP contribution in [0.4, 0.5) is 19.3 Å². The van der Waals surface area contributed by atoms with Gasteiger partial charge in [-0.15, -0.1) is 0 Å². The van der Waals surface area contributed by atoms with Gasteiger partial charge in [-0.2, -0.15) is 18.9 Å². The number of methoxy groups -OCH3 is 1. The first-order valence-electron chi connectivity index (χ1n) is 11.0. The summed E-state index contributed by atoms with van der Waals surface area (Å²) in [5.41, 5.74) is 2.27. The molecule has 2 amide bonds. The molecule has 1 unspecified atom stereocenters. The van der Waals surface area contributed by atoms with Gasteiger partial charge in [0.15, 0.2) is 17.3 Å². The molecule has 9 nitrogen and oxygen atoms in total. The minimum Gasteiger partial charge on any atom is -0.493 e. The molecule has 4 rings (SSSR count). The van der Waals surface area contributed by atoms with Crippen LogP contribution in [0, 0.1) is 0 Å². The number of hydrogen-bond donors (Lipinski definition) is 1. The molecule has 11 heteroatoms. The van der Waals surface area contributed by atoms with Crippen LogP contribution in [0.3, 0.4) is 0 Å². The quantitative estimate of drug-likeness (QED) is 0.430. The zero-order chi connectivity index (χ0) is 25.7. The highest BCUT2D eigenvalue weighted by atomic mass is 19.3. The first-order valence-corrected chi connectivity index (χ1v) is 11.0. The van der Waals surface area contributed by atoms with Crippen molar-refractivity contribution in [2.75, 3.05) is 12.4 Å². The van der Waals surface area contributed by atoms with Gasteiger partial charge >= 0.3 is 12.7 Å². The van der Waals surface area contributed by atoms with E-state index in [1.165, 1.54) is 30.5 Å². The Bertz CT molecular complexity index is 1250. The minimum atomic E-state index is -3.00. The van der Waals surface area contributed by atoms with Crippen molar-refractivity contribution in [1.29, 1.82) is 0 Å². The van der Waals surface area contributed by atoms with E-state index < -0.39 is 18.8 Å². The van der Waals surface area contributed by atoms with Crippen LogP contribution in [-0.4, -0.2) is 42.5 Å². The van der Waals surface area contributed by atoms with Crippen molar-refractivity contribution in [2.24, 2.45) is 5.10 Å². The number of hydrazone groups is 1. The Morgan fingerprint density at radius 1 is 1.17 bits per heavy atom. The number of alkyl halides is 2. The molecule has 0 bridgehead atoms. The number of amides is 2. The van der Waals surface area contributed by atoms with Crippen molar-refractivity contribution in [3.05, 3.63) is 77.7 Å². The maximum Gasteiger partial charge on any atom is 0.431 e. The molecule has 1 aliphatic heterocycles. The molecule has 2 heterocycles. The van der Waals surface area contributed by atoms with Crippen LogP contribution in [0.15, 0.2) is 70.4 Å². The van der Waals surface area contributed by atoms with Crippen LogP contribution in [0.25, 0.3) is 0 Å². The van der Waals surface area contributed by atoms with Crippen molar-refractivity contribution in [1.82, 2.24) is 5.01 Å². The SMILES string of the molecule is CCC1OC(=O)N(Cc2ccc(NC(=O)c3ccco3)cc2)N=C1c1ccc(OC(F)F)c(OC)c1. The summed E-state index contributed by atoms with van der Waals surface area (Å²) in [5, 5.41) is 8.39. The summed E-state index contributed by atoms with van der Waals surface area (Å²) < 4.78 is 45.6. The summed E-state index contributed by atoms with van der Waals surface area (Å²) in [6.07, 6.45) is 0.625. The van der Waals surface area contributed by atoms with Gasteiger partial charge in [-0.3, -0.25) is 4.79 Å². The molecule has 0 fully saturated rings. The molecule has 36 heavy (non-hydrogen) atoms. The fourth-order valence-corrected chi connectivity index (χ4v) is 3.58.